The molecule has 1 aromatic carbocycles. The van der Waals surface area contributed by atoms with Gasteiger partial charge in [0.1, 0.15) is 0 Å². The Morgan fingerprint density at radius 1 is 1.14 bits per heavy atom. The monoisotopic (exact) mass is 293 g/mol. The molecule has 4 rings (SSSR count). The predicted octanol–water partition coefficient (Wildman–Crippen LogP) is 2.83. The zero-order valence-electron chi connectivity index (χ0n) is 12.5. The second-order valence-electron chi connectivity index (χ2n) is 5.98. The lowest BCUT2D eigenvalue weighted by atomic mass is 9.99. The third kappa shape index (κ3) is 2.25. The molecule has 2 heterocycles. The summed E-state index contributed by atoms with van der Waals surface area (Å²) in [7, 11) is 0. The average Bonchev–Trinajstić information content (AvgIpc) is 3.18. The van der Waals surface area contributed by atoms with E-state index in [9.17, 15) is 4.79 Å². The molecule has 4 heteroatoms. The van der Waals surface area contributed by atoms with Gasteiger partial charge >= 0.3 is 0 Å². The van der Waals surface area contributed by atoms with Crippen molar-refractivity contribution in [3.05, 3.63) is 58.9 Å². The van der Waals surface area contributed by atoms with Gasteiger partial charge in [-0.1, -0.05) is 36.4 Å². The van der Waals surface area contributed by atoms with Crippen LogP contribution >= 0.6 is 0 Å². The van der Waals surface area contributed by atoms with Crippen LogP contribution < -0.4 is 0 Å². The van der Waals surface area contributed by atoms with Crippen LogP contribution in [-0.4, -0.2) is 34.1 Å². The van der Waals surface area contributed by atoms with E-state index in [4.69, 9.17) is 0 Å². The molecule has 0 bridgehead atoms. The number of carbonyl (C=O) groups excluding carboxylic acids is 1. The summed E-state index contributed by atoms with van der Waals surface area (Å²) in [5.74, 6) is 0.0720. The maximum atomic E-state index is 12.7. The van der Waals surface area contributed by atoms with Crippen LogP contribution in [0.25, 0.3) is 5.57 Å². The summed E-state index contributed by atoms with van der Waals surface area (Å²) in [4.78, 5) is 14.6. The van der Waals surface area contributed by atoms with Crippen molar-refractivity contribution in [1.82, 2.24) is 15.1 Å². The van der Waals surface area contributed by atoms with Crippen molar-refractivity contribution >= 4 is 11.5 Å². The minimum atomic E-state index is 0.0720. The first-order valence-electron chi connectivity index (χ1n) is 7.93. The molecule has 0 saturated carbocycles. The first-order valence-corrected chi connectivity index (χ1v) is 7.93. The number of rotatable bonds is 2. The number of aromatic amines is 1. The Kier molecular flexibility index (Phi) is 3.29. The normalized spacial score (nSPS) is 17.3. The smallest absolute Gasteiger partial charge is 0.274 e. The Morgan fingerprint density at radius 3 is 2.77 bits per heavy atom. The van der Waals surface area contributed by atoms with Crippen molar-refractivity contribution < 1.29 is 4.79 Å². The number of hydrogen-bond acceptors (Lipinski definition) is 2. The van der Waals surface area contributed by atoms with E-state index in [-0.39, 0.29) is 5.91 Å². The van der Waals surface area contributed by atoms with E-state index in [2.05, 4.69) is 40.5 Å². The highest BCUT2D eigenvalue weighted by Gasteiger charge is 2.27. The van der Waals surface area contributed by atoms with E-state index in [0.29, 0.717) is 12.2 Å². The molecule has 1 N–H and O–H groups in total. The van der Waals surface area contributed by atoms with E-state index < -0.39 is 0 Å². The number of benzene rings is 1. The number of aromatic nitrogens is 2. The number of hydrogen-bond donors (Lipinski definition) is 1. The van der Waals surface area contributed by atoms with Crippen molar-refractivity contribution in [2.24, 2.45) is 0 Å². The van der Waals surface area contributed by atoms with Crippen molar-refractivity contribution in [2.45, 2.75) is 25.7 Å². The van der Waals surface area contributed by atoms with Crippen molar-refractivity contribution in [3.8, 4) is 0 Å². The molecule has 0 fully saturated rings. The number of amides is 1. The fourth-order valence-electron chi connectivity index (χ4n) is 3.41. The molecular weight excluding hydrogens is 274 g/mol. The van der Waals surface area contributed by atoms with Crippen LogP contribution in [0.3, 0.4) is 0 Å². The van der Waals surface area contributed by atoms with E-state index >= 15 is 0 Å². The number of nitrogens with zero attached hydrogens (tertiary/aromatic N) is 2. The number of aryl methyl sites for hydroxylation is 1. The number of nitrogens with one attached hydrogen (secondary N) is 1. The molecule has 22 heavy (non-hydrogen) atoms. The Hall–Kier alpha value is -2.36. The summed E-state index contributed by atoms with van der Waals surface area (Å²) >= 11 is 0. The van der Waals surface area contributed by atoms with E-state index in [1.807, 2.05) is 11.0 Å². The molecule has 1 aliphatic heterocycles. The van der Waals surface area contributed by atoms with Crippen LogP contribution in [0.5, 0.6) is 0 Å². The number of fused-ring (bicyclic) bond motifs is 1. The third-order valence-corrected chi connectivity index (χ3v) is 4.65. The molecule has 2 aliphatic rings. The van der Waals surface area contributed by atoms with Gasteiger partial charge in [0.15, 0.2) is 5.69 Å². The fraction of sp³-hybridized carbons (Fsp3) is 0.333. The lowest BCUT2D eigenvalue weighted by Crippen LogP contribution is -2.35. The largest absolute Gasteiger partial charge is 0.333 e. The lowest BCUT2D eigenvalue weighted by molar-refractivity contribution is 0.0766. The summed E-state index contributed by atoms with van der Waals surface area (Å²) in [6.45, 7) is 1.44. The van der Waals surface area contributed by atoms with Crippen molar-refractivity contribution in [1.29, 1.82) is 0 Å². The second-order valence-corrected chi connectivity index (χ2v) is 5.98. The van der Waals surface area contributed by atoms with Gasteiger partial charge in [0.25, 0.3) is 5.91 Å². The summed E-state index contributed by atoms with van der Waals surface area (Å²) in [5, 5.41) is 7.28. The van der Waals surface area contributed by atoms with E-state index in [1.54, 1.807) is 0 Å². The van der Waals surface area contributed by atoms with Crippen molar-refractivity contribution in [3.63, 3.8) is 0 Å². The Labute approximate surface area is 129 Å². The molecule has 1 aromatic heterocycles. The quantitative estimate of drug-likeness (QED) is 0.925. The maximum Gasteiger partial charge on any atom is 0.274 e. The van der Waals surface area contributed by atoms with Gasteiger partial charge in [-0.25, -0.2) is 0 Å². The van der Waals surface area contributed by atoms with Gasteiger partial charge in [0.05, 0.1) is 0 Å². The highest BCUT2D eigenvalue weighted by molar-refractivity contribution is 5.94. The highest BCUT2D eigenvalue weighted by Crippen LogP contribution is 2.26. The summed E-state index contributed by atoms with van der Waals surface area (Å²) in [6, 6.07) is 10.4. The molecular formula is C18H19N3O. The van der Waals surface area contributed by atoms with E-state index in [1.165, 1.54) is 11.1 Å². The summed E-state index contributed by atoms with van der Waals surface area (Å²) in [6.07, 6.45) is 6.20. The van der Waals surface area contributed by atoms with Crippen LogP contribution in [-0.2, 0) is 12.8 Å². The average molecular weight is 293 g/mol. The SMILES string of the molecule is O=C(c1n[nH]c2c1CCC2)N1CC=C(c2ccccc2)CC1. The zero-order chi connectivity index (χ0) is 14.9. The molecule has 0 spiro atoms. The molecule has 112 valence electrons. The van der Waals surface area contributed by atoms with Crippen molar-refractivity contribution in [2.75, 3.05) is 13.1 Å². The summed E-state index contributed by atoms with van der Waals surface area (Å²) in [5.41, 5.74) is 5.53. The third-order valence-electron chi connectivity index (χ3n) is 4.65. The van der Waals surface area contributed by atoms with E-state index in [0.717, 1.165) is 43.5 Å². The van der Waals surface area contributed by atoms with Crippen LogP contribution in [0.1, 0.15) is 40.2 Å². The molecule has 1 amide bonds. The molecule has 4 nitrogen and oxygen atoms in total. The van der Waals surface area contributed by atoms with Gasteiger partial charge in [0, 0.05) is 24.3 Å². The second kappa shape index (κ2) is 5.44. The number of H-pyrrole nitrogens is 1. The molecule has 1 aliphatic carbocycles. The van der Waals surface area contributed by atoms with Gasteiger partial charge in [-0.05, 0) is 36.8 Å². The van der Waals surface area contributed by atoms with Crippen LogP contribution in [0.4, 0.5) is 0 Å². The van der Waals surface area contributed by atoms with Crippen LogP contribution in [0, 0.1) is 0 Å². The van der Waals surface area contributed by atoms with Gasteiger partial charge in [-0.2, -0.15) is 5.10 Å². The molecule has 2 aromatic rings. The molecule has 0 radical (unpaired) electrons. The predicted molar refractivity (Wildman–Crippen MR) is 85.6 cm³/mol. The zero-order valence-corrected chi connectivity index (χ0v) is 12.5. The molecule has 0 atom stereocenters. The Morgan fingerprint density at radius 2 is 2.00 bits per heavy atom. The first kappa shape index (κ1) is 13.3. The lowest BCUT2D eigenvalue weighted by Gasteiger charge is -2.26. The minimum absolute atomic E-state index is 0.0720. The van der Waals surface area contributed by atoms with Gasteiger partial charge < -0.3 is 4.90 Å². The van der Waals surface area contributed by atoms with Gasteiger partial charge in [0.2, 0.25) is 0 Å². The van der Waals surface area contributed by atoms with Crippen LogP contribution in [0.2, 0.25) is 0 Å². The number of carbonyl (C=O) groups is 1. The fourth-order valence-corrected chi connectivity index (χ4v) is 3.41. The highest BCUT2D eigenvalue weighted by atomic mass is 16.2. The molecule has 0 unspecified atom stereocenters. The molecule has 0 saturated heterocycles. The van der Waals surface area contributed by atoms with Crippen LogP contribution in [0.15, 0.2) is 36.4 Å². The minimum Gasteiger partial charge on any atom is -0.333 e. The topological polar surface area (TPSA) is 49.0 Å². The van der Waals surface area contributed by atoms with Gasteiger partial charge in [-0.3, -0.25) is 9.89 Å². The Balaban J connectivity index is 1.51. The Bertz CT molecular complexity index is 730. The summed E-state index contributed by atoms with van der Waals surface area (Å²) < 4.78 is 0. The first-order chi connectivity index (χ1) is 10.8. The standard InChI is InChI=1S/C18H19N3O/c22-18(17-15-7-4-8-16(15)19-20-17)21-11-9-14(10-12-21)13-5-2-1-3-6-13/h1-3,5-6,9H,4,7-8,10-12H2,(H,19,20). The van der Waals surface area contributed by atoms with Gasteiger partial charge in [-0.15, -0.1) is 0 Å². The maximum absolute atomic E-state index is 12.7.